The Kier molecular flexibility index (Phi) is 4.30. The number of carbonyl (C=O) groups is 2. The number of carboxylic acids is 1. The second-order valence-corrected chi connectivity index (χ2v) is 5.04. The van der Waals surface area contributed by atoms with Crippen molar-refractivity contribution >= 4 is 11.9 Å². The first-order valence-electron chi connectivity index (χ1n) is 6.48. The van der Waals surface area contributed by atoms with Gasteiger partial charge in [-0.25, -0.2) is 0 Å². The van der Waals surface area contributed by atoms with Gasteiger partial charge in [0.05, 0.1) is 18.9 Å². The van der Waals surface area contributed by atoms with E-state index < -0.39 is 35.9 Å². The van der Waals surface area contributed by atoms with Crippen LogP contribution in [0.2, 0.25) is 0 Å². The summed E-state index contributed by atoms with van der Waals surface area (Å²) in [6.45, 7) is 0. The van der Waals surface area contributed by atoms with Crippen LogP contribution in [0, 0.1) is 11.8 Å². The van der Waals surface area contributed by atoms with E-state index in [1.807, 2.05) is 5.32 Å². The first-order valence-corrected chi connectivity index (χ1v) is 6.48. The first-order chi connectivity index (χ1) is 10.2. The Morgan fingerprint density at radius 3 is 2.27 bits per heavy atom. The molecule has 2 N–H and O–H groups in total. The normalized spacial score (nSPS) is 21.8. The first kappa shape index (κ1) is 16.1. The molecule has 1 aromatic rings. The van der Waals surface area contributed by atoms with Gasteiger partial charge >= 0.3 is 12.1 Å². The molecule has 0 aliphatic heterocycles. The second kappa shape index (κ2) is 5.86. The van der Waals surface area contributed by atoms with E-state index in [0.717, 1.165) is 0 Å². The average Bonchev–Trinajstić information content (AvgIpc) is 3.24. The van der Waals surface area contributed by atoms with E-state index in [9.17, 15) is 22.8 Å². The lowest BCUT2D eigenvalue weighted by atomic mass is 10.1. The minimum atomic E-state index is -4.68. The lowest BCUT2D eigenvalue weighted by molar-refractivity contribution is -0.164. The van der Waals surface area contributed by atoms with Crippen LogP contribution in [0.5, 0.6) is 5.75 Å². The Morgan fingerprint density at radius 2 is 1.86 bits per heavy atom. The zero-order chi connectivity index (χ0) is 16.5. The molecule has 2 rings (SSSR count). The molecule has 0 radical (unpaired) electrons. The molecule has 1 aliphatic rings. The molecule has 120 valence electrons. The van der Waals surface area contributed by atoms with E-state index >= 15 is 0 Å². The van der Waals surface area contributed by atoms with Crippen LogP contribution in [0.25, 0.3) is 0 Å². The maximum absolute atomic E-state index is 13.1. The van der Waals surface area contributed by atoms with Gasteiger partial charge in [0.1, 0.15) is 5.75 Å². The number of benzene rings is 1. The van der Waals surface area contributed by atoms with Crippen molar-refractivity contribution in [2.45, 2.75) is 18.6 Å². The Bertz CT molecular complexity index is 570. The van der Waals surface area contributed by atoms with Crippen LogP contribution >= 0.6 is 0 Å². The largest absolute Gasteiger partial charge is 0.497 e. The number of methoxy groups -OCH3 is 1. The molecule has 0 spiro atoms. The van der Waals surface area contributed by atoms with Gasteiger partial charge in [-0.3, -0.25) is 9.59 Å². The van der Waals surface area contributed by atoms with Crippen molar-refractivity contribution in [3.63, 3.8) is 0 Å². The molecule has 0 bridgehead atoms. The minimum Gasteiger partial charge on any atom is -0.497 e. The van der Waals surface area contributed by atoms with Crippen molar-refractivity contribution in [3.05, 3.63) is 29.8 Å². The Hall–Kier alpha value is -2.25. The fourth-order valence-electron chi connectivity index (χ4n) is 2.16. The Labute approximate surface area is 124 Å². The summed E-state index contributed by atoms with van der Waals surface area (Å²) in [5.41, 5.74) is -0.144. The van der Waals surface area contributed by atoms with Gasteiger partial charge in [0.25, 0.3) is 0 Å². The third-order valence-corrected chi connectivity index (χ3v) is 3.51. The van der Waals surface area contributed by atoms with Gasteiger partial charge in [-0.15, -0.1) is 0 Å². The molecule has 0 heterocycles. The lowest BCUT2D eigenvalue weighted by Crippen LogP contribution is -2.39. The summed E-state index contributed by atoms with van der Waals surface area (Å²) < 4.78 is 44.2. The van der Waals surface area contributed by atoms with Crippen molar-refractivity contribution in [1.29, 1.82) is 0 Å². The van der Waals surface area contributed by atoms with Crippen LogP contribution in [0.1, 0.15) is 18.0 Å². The van der Waals surface area contributed by atoms with Gasteiger partial charge in [0, 0.05) is 0 Å². The fourth-order valence-corrected chi connectivity index (χ4v) is 2.16. The van der Waals surface area contributed by atoms with E-state index in [4.69, 9.17) is 9.84 Å². The Morgan fingerprint density at radius 1 is 1.27 bits per heavy atom. The number of hydrogen-bond acceptors (Lipinski definition) is 3. The quantitative estimate of drug-likeness (QED) is 0.872. The highest BCUT2D eigenvalue weighted by atomic mass is 19.4. The number of carbonyl (C=O) groups excluding carboxylic acids is 1. The monoisotopic (exact) mass is 317 g/mol. The average molecular weight is 317 g/mol. The van der Waals surface area contributed by atoms with Gasteiger partial charge in [-0.05, 0) is 24.1 Å². The molecular formula is C14H14F3NO4. The van der Waals surface area contributed by atoms with Crippen LogP contribution in [-0.2, 0) is 9.59 Å². The second-order valence-electron chi connectivity index (χ2n) is 5.04. The number of carboxylic acid groups (broad SMARTS) is 1. The van der Waals surface area contributed by atoms with Crippen LogP contribution in [0.4, 0.5) is 13.2 Å². The van der Waals surface area contributed by atoms with Crippen molar-refractivity contribution in [2.75, 3.05) is 7.11 Å². The summed E-state index contributed by atoms with van der Waals surface area (Å²) in [4.78, 5) is 22.5. The van der Waals surface area contributed by atoms with Crippen molar-refractivity contribution in [3.8, 4) is 5.75 Å². The van der Waals surface area contributed by atoms with Gasteiger partial charge in [-0.1, -0.05) is 12.1 Å². The molecule has 3 atom stereocenters. The Balaban J connectivity index is 2.13. The lowest BCUT2D eigenvalue weighted by Gasteiger charge is -2.22. The topological polar surface area (TPSA) is 75.6 Å². The highest BCUT2D eigenvalue weighted by Crippen LogP contribution is 2.40. The summed E-state index contributed by atoms with van der Waals surface area (Å²) in [5, 5.41) is 10.6. The predicted molar refractivity (Wildman–Crippen MR) is 69.2 cm³/mol. The fraction of sp³-hybridized carbons (Fsp3) is 0.429. The summed E-state index contributed by atoms with van der Waals surface area (Å²) in [5.74, 6) is -3.48. The van der Waals surface area contributed by atoms with Crippen LogP contribution < -0.4 is 10.1 Å². The number of rotatable bonds is 5. The maximum atomic E-state index is 13.1. The standard InChI is InChI=1S/C14H14F3NO4/c1-22-8-4-2-7(3-5-8)11(14(15,16)17)18-12(19)9-6-10(9)13(20)21/h2-5,9-11H,6H2,1H3,(H,18,19)(H,20,21). The van der Waals surface area contributed by atoms with Crippen molar-refractivity contribution in [1.82, 2.24) is 5.32 Å². The van der Waals surface area contributed by atoms with Gasteiger partial charge in [0.2, 0.25) is 5.91 Å². The molecule has 1 fully saturated rings. The number of ether oxygens (including phenoxy) is 1. The number of aliphatic carboxylic acids is 1. The highest BCUT2D eigenvalue weighted by molar-refractivity contribution is 5.89. The van der Waals surface area contributed by atoms with E-state index in [0.29, 0.717) is 5.75 Å². The van der Waals surface area contributed by atoms with Crippen molar-refractivity contribution in [2.24, 2.45) is 11.8 Å². The summed E-state index contributed by atoms with van der Waals surface area (Å²) in [7, 11) is 1.39. The number of amides is 1. The number of nitrogens with one attached hydrogen (secondary N) is 1. The summed E-state index contributed by atoms with van der Waals surface area (Å²) >= 11 is 0. The summed E-state index contributed by atoms with van der Waals surface area (Å²) in [6, 6.07) is 2.95. The smallest absolute Gasteiger partial charge is 0.412 e. The number of halogens is 3. The van der Waals surface area contributed by atoms with Gasteiger partial charge in [0.15, 0.2) is 6.04 Å². The molecule has 1 aromatic carbocycles. The highest BCUT2D eigenvalue weighted by Gasteiger charge is 2.51. The van der Waals surface area contributed by atoms with E-state index in [1.54, 1.807) is 0 Å². The van der Waals surface area contributed by atoms with E-state index in [2.05, 4.69) is 0 Å². The van der Waals surface area contributed by atoms with E-state index in [1.165, 1.54) is 31.4 Å². The zero-order valence-electron chi connectivity index (χ0n) is 11.6. The summed E-state index contributed by atoms with van der Waals surface area (Å²) in [6.07, 6.45) is -4.62. The van der Waals surface area contributed by atoms with Crippen LogP contribution in [0.15, 0.2) is 24.3 Å². The third kappa shape index (κ3) is 3.49. The molecule has 0 saturated heterocycles. The van der Waals surface area contributed by atoms with Crippen LogP contribution in [0.3, 0.4) is 0 Å². The molecule has 3 unspecified atom stereocenters. The predicted octanol–water partition coefficient (Wildman–Crippen LogP) is 2.14. The molecule has 22 heavy (non-hydrogen) atoms. The van der Waals surface area contributed by atoms with Crippen LogP contribution in [-0.4, -0.2) is 30.3 Å². The molecule has 0 aromatic heterocycles. The van der Waals surface area contributed by atoms with Gasteiger partial charge in [-0.2, -0.15) is 13.2 Å². The SMILES string of the molecule is COc1ccc(C(NC(=O)C2CC2C(=O)O)C(F)(F)F)cc1. The van der Waals surface area contributed by atoms with E-state index in [-0.39, 0.29) is 12.0 Å². The molecule has 5 nitrogen and oxygen atoms in total. The molecule has 1 amide bonds. The number of hydrogen-bond donors (Lipinski definition) is 2. The number of alkyl halides is 3. The van der Waals surface area contributed by atoms with Gasteiger partial charge < -0.3 is 15.2 Å². The molecular weight excluding hydrogens is 303 g/mol. The molecule has 8 heteroatoms. The minimum absolute atomic E-state index is 0.0638. The third-order valence-electron chi connectivity index (χ3n) is 3.51. The zero-order valence-corrected chi connectivity index (χ0v) is 11.6. The molecule has 1 aliphatic carbocycles. The van der Waals surface area contributed by atoms with Crippen molar-refractivity contribution < 1.29 is 32.6 Å². The maximum Gasteiger partial charge on any atom is 0.412 e. The molecule has 1 saturated carbocycles.